The molecule has 0 saturated carbocycles. The van der Waals surface area contributed by atoms with Gasteiger partial charge >= 0.3 is 0 Å². The van der Waals surface area contributed by atoms with E-state index in [0.29, 0.717) is 16.5 Å². The zero-order valence-corrected chi connectivity index (χ0v) is 16.0. The quantitative estimate of drug-likeness (QED) is 0.645. The number of nitrogens with zero attached hydrogens (tertiary/aromatic N) is 3. The number of rotatable bonds is 3. The minimum Gasteiger partial charge on any atom is -0.298 e. The van der Waals surface area contributed by atoms with Crippen molar-refractivity contribution in [2.45, 2.75) is 38.3 Å². The zero-order chi connectivity index (χ0) is 17.9. The van der Waals surface area contributed by atoms with Gasteiger partial charge in [-0.1, -0.05) is 44.7 Å². The Bertz CT molecular complexity index is 747. The van der Waals surface area contributed by atoms with Crippen LogP contribution in [0.3, 0.4) is 0 Å². The number of nitrogens with one attached hydrogen (secondary N) is 2. The lowest BCUT2D eigenvalue weighted by Gasteiger charge is -2.19. The van der Waals surface area contributed by atoms with E-state index in [1.54, 1.807) is 23.7 Å². The molecule has 0 aliphatic heterocycles. The van der Waals surface area contributed by atoms with Crippen molar-refractivity contribution in [1.82, 2.24) is 20.2 Å². The summed E-state index contributed by atoms with van der Waals surface area (Å²) in [5, 5.41) is 11.5. The number of hydrogen-bond acceptors (Lipinski definition) is 5. The molecule has 2 aromatic rings. The van der Waals surface area contributed by atoms with Gasteiger partial charge in [0.1, 0.15) is 5.82 Å². The third-order valence-corrected chi connectivity index (χ3v) is 4.25. The summed E-state index contributed by atoms with van der Waals surface area (Å²) in [5.41, 5.74) is 4.69. The standard InChI is InChI=1S/C16H21N5OS2/c1-10-18-19-15(24-5)21(10)20-14(23)17-13(22)11-6-8-12(9-7-11)16(2,3)4/h6-9H,1-5H3,(H2,17,20,22,23). The largest absolute Gasteiger partial charge is 0.298 e. The number of aryl methyl sites for hydroxylation is 1. The average Bonchev–Trinajstić information content (AvgIpc) is 2.86. The molecule has 0 aliphatic carbocycles. The van der Waals surface area contributed by atoms with Gasteiger partial charge in [-0.25, -0.2) is 4.68 Å². The Balaban J connectivity index is 2.04. The second-order valence-corrected chi connectivity index (χ2v) is 7.47. The van der Waals surface area contributed by atoms with Crippen LogP contribution in [0.4, 0.5) is 0 Å². The van der Waals surface area contributed by atoms with Gasteiger partial charge in [-0.3, -0.25) is 15.5 Å². The van der Waals surface area contributed by atoms with Gasteiger partial charge in [0.05, 0.1) is 0 Å². The first kappa shape index (κ1) is 18.4. The SMILES string of the molecule is CSc1nnc(C)n1NC(=S)NC(=O)c1ccc(C(C)(C)C)cc1. The van der Waals surface area contributed by atoms with Gasteiger partial charge in [0.15, 0.2) is 5.11 Å². The zero-order valence-electron chi connectivity index (χ0n) is 14.4. The van der Waals surface area contributed by atoms with E-state index in [-0.39, 0.29) is 16.4 Å². The number of thioether (sulfide) groups is 1. The van der Waals surface area contributed by atoms with Gasteiger partial charge < -0.3 is 0 Å². The molecule has 1 aromatic carbocycles. The van der Waals surface area contributed by atoms with Gasteiger partial charge in [0, 0.05) is 5.56 Å². The molecule has 0 atom stereocenters. The first-order valence-electron chi connectivity index (χ1n) is 7.41. The molecule has 0 radical (unpaired) electrons. The van der Waals surface area contributed by atoms with E-state index >= 15 is 0 Å². The average molecular weight is 364 g/mol. The molecule has 0 bridgehead atoms. The van der Waals surface area contributed by atoms with E-state index in [1.165, 1.54) is 17.3 Å². The molecule has 0 spiro atoms. The van der Waals surface area contributed by atoms with Crippen molar-refractivity contribution in [3.63, 3.8) is 0 Å². The predicted octanol–water partition coefficient (Wildman–Crippen LogP) is 2.86. The van der Waals surface area contributed by atoms with Crippen molar-refractivity contribution < 1.29 is 4.79 Å². The molecule has 1 amide bonds. The van der Waals surface area contributed by atoms with E-state index in [9.17, 15) is 4.79 Å². The van der Waals surface area contributed by atoms with Gasteiger partial charge in [-0.05, 0) is 48.5 Å². The fourth-order valence-electron chi connectivity index (χ4n) is 2.03. The topological polar surface area (TPSA) is 71.8 Å². The molecule has 0 unspecified atom stereocenters. The Hall–Kier alpha value is -1.93. The molecule has 1 heterocycles. The highest BCUT2D eigenvalue weighted by Crippen LogP contribution is 2.22. The van der Waals surface area contributed by atoms with Crippen molar-refractivity contribution in [2.75, 3.05) is 11.7 Å². The molecule has 1 aromatic heterocycles. The molecular weight excluding hydrogens is 342 g/mol. The Kier molecular flexibility index (Phi) is 5.61. The molecule has 0 fully saturated rings. The maximum absolute atomic E-state index is 12.3. The van der Waals surface area contributed by atoms with Crippen molar-refractivity contribution in [3.05, 3.63) is 41.2 Å². The van der Waals surface area contributed by atoms with E-state index < -0.39 is 0 Å². The summed E-state index contributed by atoms with van der Waals surface area (Å²) in [4.78, 5) is 12.3. The van der Waals surface area contributed by atoms with Crippen LogP contribution in [0, 0.1) is 6.92 Å². The fraction of sp³-hybridized carbons (Fsp3) is 0.375. The summed E-state index contributed by atoms with van der Waals surface area (Å²) in [6.45, 7) is 8.19. The second-order valence-electron chi connectivity index (χ2n) is 6.29. The third kappa shape index (κ3) is 4.33. The van der Waals surface area contributed by atoms with Crippen LogP contribution in [-0.2, 0) is 5.41 Å². The van der Waals surface area contributed by atoms with Gasteiger partial charge in [-0.15, -0.1) is 10.2 Å². The van der Waals surface area contributed by atoms with Crippen molar-refractivity contribution in [3.8, 4) is 0 Å². The van der Waals surface area contributed by atoms with Crippen LogP contribution < -0.4 is 10.7 Å². The molecule has 128 valence electrons. The number of benzene rings is 1. The van der Waals surface area contributed by atoms with Crippen LogP contribution in [0.2, 0.25) is 0 Å². The lowest BCUT2D eigenvalue weighted by atomic mass is 9.87. The van der Waals surface area contributed by atoms with E-state index in [1.807, 2.05) is 18.4 Å². The lowest BCUT2D eigenvalue weighted by Crippen LogP contribution is -2.38. The monoisotopic (exact) mass is 363 g/mol. The summed E-state index contributed by atoms with van der Waals surface area (Å²) in [5.74, 6) is 0.398. The number of thiocarbonyl (C=S) groups is 1. The van der Waals surface area contributed by atoms with Gasteiger partial charge in [-0.2, -0.15) is 0 Å². The Morgan fingerprint density at radius 1 is 1.21 bits per heavy atom. The number of aromatic nitrogens is 3. The fourth-order valence-corrected chi connectivity index (χ4v) is 2.70. The maximum Gasteiger partial charge on any atom is 0.257 e. The summed E-state index contributed by atoms with van der Waals surface area (Å²) in [6, 6.07) is 7.52. The Morgan fingerprint density at radius 2 is 1.83 bits per heavy atom. The van der Waals surface area contributed by atoms with Gasteiger partial charge in [0.25, 0.3) is 5.91 Å². The number of hydrogen-bond donors (Lipinski definition) is 2. The molecular formula is C16H21N5OS2. The van der Waals surface area contributed by atoms with Crippen LogP contribution in [0.5, 0.6) is 0 Å². The predicted molar refractivity (Wildman–Crippen MR) is 101 cm³/mol. The van der Waals surface area contributed by atoms with Crippen LogP contribution in [0.15, 0.2) is 29.4 Å². The lowest BCUT2D eigenvalue weighted by molar-refractivity contribution is 0.0977. The van der Waals surface area contributed by atoms with Crippen LogP contribution in [0.1, 0.15) is 42.5 Å². The number of carbonyl (C=O) groups excluding carboxylic acids is 1. The molecule has 24 heavy (non-hydrogen) atoms. The molecule has 0 saturated heterocycles. The second kappa shape index (κ2) is 7.31. The first-order valence-corrected chi connectivity index (χ1v) is 9.04. The molecule has 2 rings (SSSR count). The number of carbonyl (C=O) groups is 1. The number of amides is 1. The van der Waals surface area contributed by atoms with Crippen molar-refractivity contribution in [2.24, 2.45) is 0 Å². The summed E-state index contributed by atoms with van der Waals surface area (Å²) < 4.78 is 1.63. The molecule has 0 aliphatic rings. The van der Waals surface area contributed by atoms with E-state index in [2.05, 4.69) is 41.7 Å². The summed E-state index contributed by atoms with van der Waals surface area (Å²) in [7, 11) is 0. The van der Waals surface area contributed by atoms with E-state index in [0.717, 1.165) is 0 Å². The summed E-state index contributed by atoms with van der Waals surface area (Å²) >= 11 is 6.63. The maximum atomic E-state index is 12.3. The minimum absolute atomic E-state index is 0.0477. The molecule has 8 heteroatoms. The smallest absolute Gasteiger partial charge is 0.257 e. The highest BCUT2D eigenvalue weighted by Gasteiger charge is 2.15. The first-order chi connectivity index (χ1) is 11.2. The van der Waals surface area contributed by atoms with Crippen LogP contribution in [-0.4, -0.2) is 32.1 Å². The highest BCUT2D eigenvalue weighted by atomic mass is 32.2. The van der Waals surface area contributed by atoms with Crippen LogP contribution >= 0.6 is 24.0 Å². The molecule has 6 nitrogen and oxygen atoms in total. The molecule has 2 N–H and O–H groups in total. The van der Waals surface area contributed by atoms with Crippen LogP contribution in [0.25, 0.3) is 0 Å². The normalized spacial score (nSPS) is 11.2. The Labute approximate surface area is 151 Å². The van der Waals surface area contributed by atoms with Gasteiger partial charge in [0.2, 0.25) is 5.16 Å². The van der Waals surface area contributed by atoms with E-state index in [4.69, 9.17) is 12.2 Å². The van der Waals surface area contributed by atoms with Crippen molar-refractivity contribution >= 4 is 35.0 Å². The third-order valence-electron chi connectivity index (χ3n) is 3.43. The summed E-state index contributed by atoms with van der Waals surface area (Å²) in [6.07, 6.45) is 1.89. The highest BCUT2D eigenvalue weighted by molar-refractivity contribution is 7.98. The van der Waals surface area contributed by atoms with Crippen molar-refractivity contribution in [1.29, 1.82) is 0 Å². The Morgan fingerprint density at radius 3 is 2.38 bits per heavy atom. The minimum atomic E-state index is -0.260.